The lowest BCUT2D eigenvalue weighted by Crippen LogP contribution is -2.59. The predicted octanol–water partition coefficient (Wildman–Crippen LogP) is 2.66. The van der Waals surface area contributed by atoms with Crippen LogP contribution in [0.25, 0.3) is 0 Å². The van der Waals surface area contributed by atoms with Gasteiger partial charge in [-0.15, -0.1) is 0 Å². The summed E-state index contributed by atoms with van der Waals surface area (Å²) in [6.07, 6.45) is 2.80. The number of carbonyl (C=O) groups is 3. The van der Waals surface area contributed by atoms with Crippen LogP contribution in [0.15, 0.2) is 48.5 Å². The van der Waals surface area contributed by atoms with Crippen molar-refractivity contribution in [3.63, 3.8) is 0 Å². The van der Waals surface area contributed by atoms with Gasteiger partial charge in [-0.1, -0.05) is 30.3 Å². The highest BCUT2D eigenvalue weighted by atomic mass is 16.5. The van der Waals surface area contributed by atoms with Crippen molar-refractivity contribution in [1.82, 2.24) is 15.1 Å². The number of piperidine rings is 1. The summed E-state index contributed by atoms with van der Waals surface area (Å²) in [7, 11) is 1.62. The van der Waals surface area contributed by atoms with Crippen LogP contribution in [-0.4, -0.2) is 53.3 Å². The maximum absolute atomic E-state index is 13.6. The van der Waals surface area contributed by atoms with E-state index in [9.17, 15) is 14.4 Å². The van der Waals surface area contributed by atoms with Crippen molar-refractivity contribution < 1.29 is 19.1 Å². The number of rotatable bonds is 4. The van der Waals surface area contributed by atoms with E-state index in [1.54, 1.807) is 12.0 Å². The van der Waals surface area contributed by atoms with E-state index in [4.69, 9.17) is 4.74 Å². The molecule has 3 heterocycles. The lowest BCUT2D eigenvalue weighted by atomic mass is 9.76. The van der Waals surface area contributed by atoms with Gasteiger partial charge in [-0.05, 0) is 48.6 Å². The molecule has 32 heavy (non-hydrogen) atoms. The van der Waals surface area contributed by atoms with Crippen LogP contribution in [0.5, 0.6) is 5.75 Å². The molecule has 2 aromatic carbocycles. The molecule has 2 aromatic rings. The summed E-state index contributed by atoms with van der Waals surface area (Å²) < 4.78 is 5.30. The molecule has 3 aliphatic heterocycles. The zero-order chi connectivity index (χ0) is 22.3. The van der Waals surface area contributed by atoms with E-state index in [1.807, 2.05) is 53.4 Å². The molecule has 0 saturated carbocycles. The SMILES string of the molecule is COc1ccc([C@H]2N(C(=O)CN3Cc4ccccc4C3=O)CCC[C@]23CCC(=O)N3)cc1. The van der Waals surface area contributed by atoms with Gasteiger partial charge in [-0.3, -0.25) is 14.4 Å². The van der Waals surface area contributed by atoms with E-state index in [2.05, 4.69) is 5.32 Å². The molecular weight excluding hydrogens is 406 g/mol. The van der Waals surface area contributed by atoms with E-state index >= 15 is 0 Å². The van der Waals surface area contributed by atoms with Crippen molar-refractivity contribution in [3.05, 3.63) is 65.2 Å². The molecule has 7 heteroatoms. The molecule has 0 unspecified atom stereocenters. The fraction of sp³-hybridized carbons (Fsp3) is 0.400. The summed E-state index contributed by atoms with van der Waals surface area (Å²) in [6, 6.07) is 14.9. The summed E-state index contributed by atoms with van der Waals surface area (Å²) in [4.78, 5) is 42.1. The highest BCUT2D eigenvalue weighted by Crippen LogP contribution is 2.45. The van der Waals surface area contributed by atoms with Gasteiger partial charge < -0.3 is 19.9 Å². The van der Waals surface area contributed by atoms with Gasteiger partial charge in [0, 0.05) is 25.1 Å². The topological polar surface area (TPSA) is 79.0 Å². The molecule has 2 saturated heterocycles. The Morgan fingerprint density at radius 2 is 1.91 bits per heavy atom. The first-order chi connectivity index (χ1) is 15.5. The largest absolute Gasteiger partial charge is 0.497 e. The molecule has 3 aliphatic rings. The lowest BCUT2D eigenvalue weighted by molar-refractivity contribution is -0.139. The molecular formula is C25H27N3O4. The van der Waals surface area contributed by atoms with Crippen molar-refractivity contribution in [1.29, 1.82) is 0 Å². The predicted molar refractivity (Wildman–Crippen MR) is 118 cm³/mol. The number of carbonyl (C=O) groups excluding carboxylic acids is 3. The third-order valence-corrected chi connectivity index (χ3v) is 7.02. The minimum absolute atomic E-state index is 0.0305. The minimum Gasteiger partial charge on any atom is -0.497 e. The molecule has 166 valence electrons. The Bertz CT molecular complexity index is 1070. The molecule has 0 bridgehead atoms. The number of nitrogens with zero attached hydrogens (tertiary/aromatic N) is 2. The molecule has 1 N–H and O–H groups in total. The summed E-state index contributed by atoms with van der Waals surface area (Å²) in [6.45, 7) is 1.08. The zero-order valence-electron chi connectivity index (χ0n) is 18.2. The number of nitrogens with one attached hydrogen (secondary N) is 1. The number of fused-ring (bicyclic) bond motifs is 1. The Morgan fingerprint density at radius 3 is 2.59 bits per heavy atom. The fourth-order valence-electron chi connectivity index (χ4n) is 5.51. The quantitative estimate of drug-likeness (QED) is 0.804. The Labute approximate surface area is 187 Å². The number of hydrogen-bond acceptors (Lipinski definition) is 4. The van der Waals surface area contributed by atoms with Gasteiger partial charge in [0.1, 0.15) is 12.3 Å². The number of benzene rings is 2. The van der Waals surface area contributed by atoms with Gasteiger partial charge in [0.15, 0.2) is 0 Å². The van der Waals surface area contributed by atoms with Gasteiger partial charge in [0.05, 0.1) is 18.7 Å². The monoisotopic (exact) mass is 433 g/mol. The van der Waals surface area contributed by atoms with Crippen LogP contribution in [0, 0.1) is 0 Å². The Hall–Kier alpha value is -3.35. The van der Waals surface area contributed by atoms with Crippen LogP contribution in [0.3, 0.4) is 0 Å². The van der Waals surface area contributed by atoms with Gasteiger partial charge >= 0.3 is 0 Å². The van der Waals surface area contributed by atoms with E-state index in [1.165, 1.54) is 0 Å². The van der Waals surface area contributed by atoms with Crippen LogP contribution >= 0.6 is 0 Å². The van der Waals surface area contributed by atoms with Crippen LogP contribution < -0.4 is 10.1 Å². The molecule has 0 aliphatic carbocycles. The fourth-order valence-corrected chi connectivity index (χ4v) is 5.51. The molecule has 3 amide bonds. The first-order valence-corrected chi connectivity index (χ1v) is 11.1. The molecule has 0 aromatic heterocycles. The Morgan fingerprint density at radius 1 is 1.12 bits per heavy atom. The maximum atomic E-state index is 13.6. The molecule has 7 nitrogen and oxygen atoms in total. The van der Waals surface area contributed by atoms with Crippen molar-refractivity contribution >= 4 is 17.7 Å². The van der Waals surface area contributed by atoms with E-state index in [0.717, 1.165) is 29.7 Å². The first kappa shape index (κ1) is 20.5. The summed E-state index contributed by atoms with van der Waals surface area (Å²) >= 11 is 0. The van der Waals surface area contributed by atoms with Crippen LogP contribution in [0.4, 0.5) is 0 Å². The standard InChI is InChI=1S/C25H27N3O4/c1-32-19-9-7-17(8-10-19)23-25(13-11-21(29)26-25)12-4-14-28(23)22(30)16-27-15-18-5-2-3-6-20(18)24(27)31/h2-3,5-10,23H,4,11-16H2,1H3,(H,26,29)/t23-,25+/m1/s1. The average Bonchev–Trinajstić information content (AvgIpc) is 3.33. The number of likely N-dealkylation sites (tertiary alicyclic amines) is 1. The molecule has 0 radical (unpaired) electrons. The molecule has 5 rings (SSSR count). The highest BCUT2D eigenvalue weighted by molar-refractivity contribution is 6.00. The van der Waals surface area contributed by atoms with Gasteiger partial charge in [-0.2, -0.15) is 0 Å². The Kier molecular flexibility index (Phi) is 5.12. The number of ether oxygens (including phenoxy) is 1. The summed E-state index contributed by atoms with van der Waals surface area (Å²) in [5.41, 5.74) is 2.12. The molecule has 2 fully saturated rings. The van der Waals surface area contributed by atoms with Gasteiger partial charge in [0.25, 0.3) is 5.91 Å². The van der Waals surface area contributed by atoms with Crippen molar-refractivity contribution in [2.45, 2.75) is 43.8 Å². The highest BCUT2D eigenvalue weighted by Gasteiger charge is 2.51. The van der Waals surface area contributed by atoms with Crippen LogP contribution in [-0.2, 0) is 16.1 Å². The van der Waals surface area contributed by atoms with Crippen molar-refractivity contribution in [2.75, 3.05) is 20.2 Å². The second-order valence-corrected chi connectivity index (χ2v) is 8.89. The smallest absolute Gasteiger partial charge is 0.254 e. The van der Waals surface area contributed by atoms with Gasteiger partial charge in [-0.25, -0.2) is 0 Å². The lowest BCUT2D eigenvalue weighted by Gasteiger charge is -2.48. The maximum Gasteiger partial charge on any atom is 0.254 e. The van der Waals surface area contributed by atoms with E-state index in [-0.39, 0.29) is 30.3 Å². The van der Waals surface area contributed by atoms with Gasteiger partial charge in [0.2, 0.25) is 11.8 Å². The first-order valence-electron chi connectivity index (χ1n) is 11.1. The summed E-state index contributed by atoms with van der Waals surface area (Å²) in [5, 5.41) is 3.20. The molecule has 1 spiro atoms. The van der Waals surface area contributed by atoms with E-state index < -0.39 is 5.54 Å². The number of amides is 3. The third-order valence-electron chi connectivity index (χ3n) is 7.02. The number of methoxy groups -OCH3 is 1. The Balaban J connectivity index is 1.43. The van der Waals surface area contributed by atoms with E-state index in [0.29, 0.717) is 31.5 Å². The normalized spacial score (nSPS) is 24.6. The number of hydrogen-bond donors (Lipinski definition) is 1. The van der Waals surface area contributed by atoms with Crippen molar-refractivity contribution in [3.8, 4) is 5.75 Å². The average molecular weight is 434 g/mol. The summed E-state index contributed by atoms with van der Waals surface area (Å²) in [5.74, 6) is 0.582. The minimum atomic E-state index is -0.475. The zero-order valence-corrected chi connectivity index (χ0v) is 18.2. The third kappa shape index (κ3) is 3.42. The van der Waals surface area contributed by atoms with Crippen LogP contribution in [0.1, 0.15) is 53.2 Å². The second-order valence-electron chi connectivity index (χ2n) is 8.89. The van der Waals surface area contributed by atoms with Crippen molar-refractivity contribution in [2.24, 2.45) is 0 Å². The second kappa shape index (κ2) is 7.97. The molecule has 2 atom stereocenters. The van der Waals surface area contributed by atoms with Crippen LogP contribution in [0.2, 0.25) is 0 Å².